The lowest BCUT2D eigenvalue weighted by Crippen LogP contribution is -2.07. The van der Waals surface area contributed by atoms with Gasteiger partial charge in [0.1, 0.15) is 12.1 Å². The van der Waals surface area contributed by atoms with Crippen LogP contribution in [0.2, 0.25) is 0 Å². The van der Waals surface area contributed by atoms with Crippen LogP contribution in [0.4, 0.5) is 5.82 Å². The minimum atomic E-state index is -0.330. The number of aliphatic hydroxyl groups is 1. The smallest absolute Gasteiger partial charge is 0.338 e. The van der Waals surface area contributed by atoms with Crippen LogP contribution in [-0.2, 0) is 4.74 Å². The van der Waals surface area contributed by atoms with Crippen molar-refractivity contribution in [1.82, 2.24) is 9.97 Å². The van der Waals surface area contributed by atoms with Crippen LogP contribution in [0.3, 0.4) is 0 Å². The maximum atomic E-state index is 12.0. The van der Waals surface area contributed by atoms with Crippen molar-refractivity contribution in [2.45, 2.75) is 13.8 Å². The Hall–Kier alpha value is -2.51. The Morgan fingerprint density at radius 3 is 2.92 bits per heavy atom. The van der Waals surface area contributed by atoms with Crippen molar-refractivity contribution >= 4 is 33.3 Å². The standard InChI is InChI=1S/C18H19N3O3S/c1-3-24-18(23)12-5-4-11(2)13(8-12)14-9-25-16-15(14)20-10-21-17(16)19-6-7-22/h4-5,8-10,22H,3,6-7H2,1-2H3,(H,19,20,21). The number of aliphatic hydroxyl groups excluding tert-OH is 1. The van der Waals surface area contributed by atoms with Crippen LogP contribution in [0.25, 0.3) is 21.3 Å². The number of ether oxygens (including phenoxy) is 1. The monoisotopic (exact) mass is 357 g/mol. The molecule has 0 unspecified atom stereocenters. The van der Waals surface area contributed by atoms with Crippen LogP contribution in [0.5, 0.6) is 0 Å². The number of hydrogen-bond donors (Lipinski definition) is 2. The first kappa shape index (κ1) is 17.3. The quantitative estimate of drug-likeness (QED) is 0.659. The molecule has 0 aliphatic rings. The zero-order valence-corrected chi connectivity index (χ0v) is 14.9. The van der Waals surface area contributed by atoms with Gasteiger partial charge in [0.2, 0.25) is 0 Å². The highest BCUT2D eigenvalue weighted by molar-refractivity contribution is 7.18. The maximum Gasteiger partial charge on any atom is 0.338 e. The lowest BCUT2D eigenvalue weighted by atomic mass is 9.99. The van der Waals surface area contributed by atoms with Gasteiger partial charge < -0.3 is 15.2 Å². The van der Waals surface area contributed by atoms with Crippen LogP contribution in [0, 0.1) is 6.92 Å². The summed E-state index contributed by atoms with van der Waals surface area (Å²) in [5.41, 5.74) is 4.30. The minimum Gasteiger partial charge on any atom is -0.462 e. The molecule has 6 nitrogen and oxygen atoms in total. The molecule has 2 heterocycles. The lowest BCUT2D eigenvalue weighted by Gasteiger charge is -2.08. The molecule has 0 fully saturated rings. The van der Waals surface area contributed by atoms with E-state index in [2.05, 4.69) is 15.3 Å². The number of carbonyl (C=O) groups excluding carboxylic acids is 1. The first-order chi connectivity index (χ1) is 12.2. The molecule has 2 N–H and O–H groups in total. The van der Waals surface area contributed by atoms with Gasteiger partial charge in [-0.2, -0.15) is 0 Å². The van der Waals surface area contributed by atoms with E-state index in [1.54, 1.807) is 13.0 Å². The van der Waals surface area contributed by atoms with E-state index >= 15 is 0 Å². The molecule has 0 radical (unpaired) electrons. The average molecular weight is 357 g/mol. The predicted molar refractivity (Wildman–Crippen MR) is 99.1 cm³/mol. The summed E-state index contributed by atoms with van der Waals surface area (Å²) in [4.78, 5) is 20.7. The molecule has 0 saturated heterocycles. The van der Waals surface area contributed by atoms with Crippen molar-refractivity contribution in [3.63, 3.8) is 0 Å². The molecule has 0 aliphatic heterocycles. The van der Waals surface area contributed by atoms with Gasteiger partial charge in [0.15, 0.2) is 0 Å². The average Bonchev–Trinajstić information content (AvgIpc) is 3.05. The van der Waals surface area contributed by atoms with Gasteiger partial charge in [-0.1, -0.05) is 6.07 Å². The first-order valence-corrected chi connectivity index (χ1v) is 8.88. The van der Waals surface area contributed by atoms with Gasteiger partial charge in [0.25, 0.3) is 0 Å². The third-order valence-corrected chi connectivity index (χ3v) is 4.77. The van der Waals surface area contributed by atoms with E-state index in [0.717, 1.165) is 26.9 Å². The van der Waals surface area contributed by atoms with Crippen molar-refractivity contribution in [3.8, 4) is 11.1 Å². The van der Waals surface area contributed by atoms with Crippen LogP contribution < -0.4 is 5.32 Å². The number of thiophene rings is 1. The van der Waals surface area contributed by atoms with Crippen LogP contribution >= 0.6 is 11.3 Å². The Balaban J connectivity index is 2.07. The number of aryl methyl sites for hydroxylation is 1. The largest absolute Gasteiger partial charge is 0.462 e. The number of esters is 1. The van der Waals surface area contributed by atoms with E-state index in [0.29, 0.717) is 24.5 Å². The minimum absolute atomic E-state index is 0.0322. The Morgan fingerprint density at radius 1 is 1.32 bits per heavy atom. The molecule has 1 aromatic carbocycles. The summed E-state index contributed by atoms with van der Waals surface area (Å²) in [6.07, 6.45) is 1.50. The van der Waals surface area contributed by atoms with Gasteiger partial charge in [-0.3, -0.25) is 0 Å². The third-order valence-electron chi connectivity index (χ3n) is 3.80. The summed E-state index contributed by atoms with van der Waals surface area (Å²) in [5.74, 6) is 0.373. The molecule has 130 valence electrons. The van der Waals surface area contributed by atoms with Gasteiger partial charge >= 0.3 is 5.97 Å². The van der Waals surface area contributed by atoms with Gasteiger partial charge in [-0.15, -0.1) is 11.3 Å². The number of anilines is 1. The molecule has 0 atom stereocenters. The summed E-state index contributed by atoms with van der Waals surface area (Å²) in [7, 11) is 0. The molecule has 7 heteroatoms. The number of aromatic nitrogens is 2. The highest BCUT2D eigenvalue weighted by Gasteiger charge is 2.16. The van der Waals surface area contributed by atoms with Crippen molar-refractivity contribution in [3.05, 3.63) is 41.0 Å². The molecule has 0 aliphatic carbocycles. The highest BCUT2D eigenvalue weighted by atomic mass is 32.1. The molecule has 0 bridgehead atoms. The summed E-state index contributed by atoms with van der Waals surface area (Å²) >= 11 is 1.53. The van der Waals surface area contributed by atoms with Crippen LogP contribution in [0.1, 0.15) is 22.8 Å². The number of carbonyl (C=O) groups is 1. The molecular weight excluding hydrogens is 338 g/mol. The normalized spacial score (nSPS) is 10.8. The molecular formula is C18H19N3O3S. The molecule has 0 saturated carbocycles. The number of nitrogens with zero attached hydrogens (tertiary/aromatic N) is 2. The predicted octanol–water partition coefficient (Wildman–Crippen LogP) is 3.25. The summed E-state index contributed by atoms with van der Waals surface area (Å²) < 4.78 is 6.02. The molecule has 0 amide bonds. The van der Waals surface area contributed by atoms with Gasteiger partial charge in [-0.25, -0.2) is 14.8 Å². The van der Waals surface area contributed by atoms with Crippen LogP contribution in [0.15, 0.2) is 29.9 Å². The maximum absolute atomic E-state index is 12.0. The second-order valence-electron chi connectivity index (χ2n) is 5.45. The Labute approximate surface area is 149 Å². The van der Waals surface area contributed by atoms with E-state index in [4.69, 9.17) is 9.84 Å². The van der Waals surface area contributed by atoms with E-state index < -0.39 is 0 Å². The summed E-state index contributed by atoms with van der Waals surface area (Å²) in [6, 6.07) is 5.53. The fourth-order valence-electron chi connectivity index (χ4n) is 2.60. The van der Waals surface area contributed by atoms with Gasteiger partial charge in [0.05, 0.1) is 29.0 Å². The van der Waals surface area contributed by atoms with E-state index in [9.17, 15) is 4.79 Å². The summed E-state index contributed by atoms with van der Waals surface area (Å²) in [5, 5.41) is 14.1. The van der Waals surface area contributed by atoms with Crippen molar-refractivity contribution in [2.75, 3.05) is 25.1 Å². The Kier molecular flexibility index (Phi) is 5.25. The van der Waals surface area contributed by atoms with E-state index in [1.165, 1.54) is 17.7 Å². The topological polar surface area (TPSA) is 84.3 Å². The SMILES string of the molecule is CCOC(=O)c1ccc(C)c(-c2csc3c(NCCO)ncnc23)c1. The van der Waals surface area contributed by atoms with Gasteiger partial charge in [0, 0.05) is 17.5 Å². The Bertz CT molecular complexity index is 908. The zero-order chi connectivity index (χ0) is 17.8. The number of rotatable bonds is 6. The van der Waals surface area contributed by atoms with Crippen LogP contribution in [-0.4, -0.2) is 40.8 Å². The lowest BCUT2D eigenvalue weighted by molar-refractivity contribution is 0.0526. The molecule has 3 aromatic rings. The number of hydrogen-bond acceptors (Lipinski definition) is 7. The van der Waals surface area contributed by atoms with E-state index in [1.807, 2.05) is 24.4 Å². The zero-order valence-electron chi connectivity index (χ0n) is 14.1. The number of nitrogens with one attached hydrogen (secondary N) is 1. The number of fused-ring (bicyclic) bond motifs is 1. The highest BCUT2D eigenvalue weighted by Crippen LogP contribution is 2.37. The Morgan fingerprint density at radius 2 is 2.16 bits per heavy atom. The van der Waals surface area contributed by atoms with Crippen molar-refractivity contribution in [2.24, 2.45) is 0 Å². The fourth-order valence-corrected chi connectivity index (χ4v) is 3.58. The fraction of sp³-hybridized carbons (Fsp3) is 0.278. The second kappa shape index (κ2) is 7.58. The first-order valence-electron chi connectivity index (χ1n) is 8.00. The molecule has 25 heavy (non-hydrogen) atoms. The van der Waals surface area contributed by atoms with Crippen molar-refractivity contribution in [1.29, 1.82) is 0 Å². The summed E-state index contributed by atoms with van der Waals surface area (Å²) in [6.45, 7) is 4.59. The molecule has 0 spiro atoms. The number of benzene rings is 1. The third kappa shape index (κ3) is 3.47. The molecule has 2 aromatic heterocycles. The van der Waals surface area contributed by atoms with E-state index in [-0.39, 0.29) is 12.6 Å². The second-order valence-corrected chi connectivity index (χ2v) is 6.33. The molecule has 3 rings (SSSR count). The van der Waals surface area contributed by atoms with Crippen molar-refractivity contribution < 1.29 is 14.6 Å². The van der Waals surface area contributed by atoms with Gasteiger partial charge in [-0.05, 0) is 37.1 Å².